The third kappa shape index (κ3) is 3.25. The lowest BCUT2D eigenvalue weighted by molar-refractivity contribution is 0.896. The van der Waals surface area contributed by atoms with Crippen LogP contribution in [0.4, 0.5) is 0 Å². The molecule has 0 saturated carbocycles. The summed E-state index contributed by atoms with van der Waals surface area (Å²) in [6, 6.07) is 7.62. The molecule has 0 spiro atoms. The lowest BCUT2D eigenvalue weighted by Gasteiger charge is -2.02. The number of hydrogen-bond donors (Lipinski definition) is 0. The van der Waals surface area contributed by atoms with E-state index in [4.69, 9.17) is 16.9 Å². The molecule has 0 radical (unpaired) electrons. The molecule has 0 amide bonds. The van der Waals surface area contributed by atoms with Crippen molar-refractivity contribution < 1.29 is 0 Å². The molecule has 0 saturated heterocycles. The minimum absolute atomic E-state index is 0.626. The van der Waals surface area contributed by atoms with Gasteiger partial charge in [-0.25, -0.2) is 0 Å². The average molecular weight is 226 g/mol. The minimum Gasteiger partial charge on any atom is -0.192 e. The first-order valence-electron chi connectivity index (χ1n) is 4.60. The highest BCUT2D eigenvalue weighted by atomic mass is 35.5. The predicted octanol–water partition coefficient (Wildman–Crippen LogP) is 4.10. The number of nitriles is 1. The summed E-state index contributed by atoms with van der Waals surface area (Å²) in [5.74, 6) is 1.06. The number of benzene rings is 1. The van der Waals surface area contributed by atoms with Crippen molar-refractivity contribution in [1.82, 2.24) is 0 Å². The first kappa shape index (κ1) is 11.4. The van der Waals surface area contributed by atoms with Crippen LogP contribution in [0.1, 0.15) is 25.3 Å². The van der Waals surface area contributed by atoms with Gasteiger partial charge in [-0.3, -0.25) is 0 Å². The third-order valence-corrected chi connectivity index (χ3v) is 3.21. The third-order valence-electron chi connectivity index (χ3n) is 1.82. The number of unbranched alkanes of at least 4 members (excludes halogenated alkanes) is 1. The molecule has 0 aliphatic carbocycles. The maximum absolute atomic E-state index is 8.88. The van der Waals surface area contributed by atoms with Crippen molar-refractivity contribution in [3.05, 3.63) is 28.8 Å². The van der Waals surface area contributed by atoms with Gasteiger partial charge in [0.2, 0.25) is 0 Å². The van der Waals surface area contributed by atoms with E-state index in [0.29, 0.717) is 10.6 Å². The second-order valence-electron chi connectivity index (χ2n) is 2.95. The summed E-state index contributed by atoms with van der Waals surface area (Å²) in [6.07, 6.45) is 2.36. The fourth-order valence-electron chi connectivity index (χ4n) is 1.04. The van der Waals surface area contributed by atoms with Gasteiger partial charge in [0.15, 0.2) is 0 Å². The van der Waals surface area contributed by atoms with Gasteiger partial charge in [0.1, 0.15) is 6.07 Å². The van der Waals surface area contributed by atoms with Crippen molar-refractivity contribution >= 4 is 23.4 Å². The van der Waals surface area contributed by atoms with Gasteiger partial charge in [-0.1, -0.05) is 24.9 Å². The van der Waals surface area contributed by atoms with Gasteiger partial charge in [-0.15, -0.1) is 11.8 Å². The van der Waals surface area contributed by atoms with Crippen LogP contribution in [0.15, 0.2) is 23.1 Å². The fraction of sp³-hybridized carbons (Fsp3) is 0.364. The zero-order valence-electron chi connectivity index (χ0n) is 8.09. The Morgan fingerprint density at radius 2 is 2.29 bits per heavy atom. The summed E-state index contributed by atoms with van der Waals surface area (Å²) >= 11 is 7.52. The van der Waals surface area contributed by atoms with Gasteiger partial charge >= 0.3 is 0 Å². The van der Waals surface area contributed by atoms with Crippen molar-refractivity contribution in [2.45, 2.75) is 24.7 Å². The molecule has 14 heavy (non-hydrogen) atoms. The van der Waals surface area contributed by atoms with Gasteiger partial charge in [-0.05, 0) is 30.4 Å². The number of halogens is 1. The van der Waals surface area contributed by atoms with Crippen molar-refractivity contribution in [3.63, 3.8) is 0 Å². The molecule has 0 N–H and O–H groups in total. The minimum atomic E-state index is 0.626. The monoisotopic (exact) mass is 225 g/mol. The van der Waals surface area contributed by atoms with E-state index in [1.807, 2.05) is 12.1 Å². The first-order valence-corrected chi connectivity index (χ1v) is 5.96. The summed E-state index contributed by atoms with van der Waals surface area (Å²) in [7, 11) is 0. The second kappa shape index (κ2) is 5.95. The zero-order chi connectivity index (χ0) is 10.4. The zero-order valence-corrected chi connectivity index (χ0v) is 9.66. The highest BCUT2D eigenvalue weighted by Gasteiger charge is 2.02. The predicted molar refractivity (Wildman–Crippen MR) is 61.8 cm³/mol. The number of hydrogen-bond acceptors (Lipinski definition) is 2. The fourth-order valence-corrected chi connectivity index (χ4v) is 2.29. The summed E-state index contributed by atoms with van der Waals surface area (Å²) in [6.45, 7) is 2.16. The molecule has 1 aromatic carbocycles. The largest absolute Gasteiger partial charge is 0.192 e. The molecule has 0 bridgehead atoms. The number of nitrogens with zero attached hydrogens (tertiary/aromatic N) is 1. The Morgan fingerprint density at radius 3 is 2.93 bits per heavy atom. The molecule has 0 fully saturated rings. The molecule has 1 nitrogen and oxygen atoms in total. The van der Waals surface area contributed by atoms with Crippen molar-refractivity contribution in [2.75, 3.05) is 5.75 Å². The molecule has 0 atom stereocenters. The Kier molecular flexibility index (Phi) is 4.86. The number of rotatable bonds is 4. The quantitative estimate of drug-likeness (QED) is 0.569. The van der Waals surface area contributed by atoms with E-state index in [-0.39, 0.29) is 0 Å². The summed E-state index contributed by atoms with van der Waals surface area (Å²) in [4.78, 5) is 1.03. The molecule has 0 aromatic heterocycles. The number of thioether (sulfide) groups is 1. The summed E-state index contributed by atoms with van der Waals surface area (Å²) < 4.78 is 0. The molecule has 0 aliphatic heterocycles. The Labute approximate surface area is 94.1 Å². The molecule has 74 valence electrons. The van der Waals surface area contributed by atoms with Crippen LogP contribution in [0.25, 0.3) is 0 Å². The van der Waals surface area contributed by atoms with Crippen LogP contribution < -0.4 is 0 Å². The van der Waals surface area contributed by atoms with Crippen LogP contribution in [0.5, 0.6) is 0 Å². The molecule has 0 unspecified atom stereocenters. The summed E-state index contributed by atoms with van der Waals surface area (Å²) in [5, 5.41) is 9.50. The lowest BCUT2D eigenvalue weighted by Crippen LogP contribution is -1.83. The molecule has 1 aromatic rings. The lowest BCUT2D eigenvalue weighted by atomic mass is 10.2. The molecular formula is C11H12ClNS. The van der Waals surface area contributed by atoms with Gasteiger partial charge in [0.25, 0.3) is 0 Å². The van der Waals surface area contributed by atoms with Crippen molar-refractivity contribution in [1.29, 1.82) is 5.26 Å². The van der Waals surface area contributed by atoms with E-state index < -0.39 is 0 Å². The highest BCUT2D eigenvalue weighted by Crippen LogP contribution is 2.25. The van der Waals surface area contributed by atoms with Gasteiger partial charge in [0, 0.05) is 9.92 Å². The Bertz CT molecular complexity index is 344. The van der Waals surface area contributed by atoms with Crippen LogP contribution >= 0.6 is 23.4 Å². The van der Waals surface area contributed by atoms with E-state index >= 15 is 0 Å². The smallest absolute Gasteiger partial charge is 0.100 e. The molecule has 0 aliphatic rings. The van der Waals surface area contributed by atoms with E-state index in [1.54, 1.807) is 17.8 Å². The Balaban J connectivity index is 2.72. The van der Waals surface area contributed by atoms with Gasteiger partial charge in [0.05, 0.1) is 5.56 Å². The SMILES string of the molecule is CCCCSc1ccc(Cl)cc1C#N. The van der Waals surface area contributed by atoms with Crippen LogP contribution in [-0.4, -0.2) is 5.75 Å². The van der Waals surface area contributed by atoms with Crippen LogP contribution in [-0.2, 0) is 0 Å². The molecular weight excluding hydrogens is 214 g/mol. The average Bonchev–Trinajstić information content (AvgIpc) is 2.20. The van der Waals surface area contributed by atoms with Gasteiger partial charge in [-0.2, -0.15) is 5.26 Å². The Morgan fingerprint density at radius 1 is 1.50 bits per heavy atom. The molecule has 1 rings (SSSR count). The van der Waals surface area contributed by atoms with Crippen LogP contribution in [0.3, 0.4) is 0 Å². The van der Waals surface area contributed by atoms with Crippen LogP contribution in [0, 0.1) is 11.3 Å². The van der Waals surface area contributed by atoms with Gasteiger partial charge < -0.3 is 0 Å². The van der Waals surface area contributed by atoms with Crippen molar-refractivity contribution in [3.8, 4) is 6.07 Å². The maximum Gasteiger partial charge on any atom is 0.100 e. The van der Waals surface area contributed by atoms with E-state index in [9.17, 15) is 0 Å². The summed E-state index contributed by atoms with van der Waals surface area (Å²) in [5.41, 5.74) is 0.679. The topological polar surface area (TPSA) is 23.8 Å². The van der Waals surface area contributed by atoms with Crippen LogP contribution in [0.2, 0.25) is 5.02 Å². The second-order valence-corrected chi connectivity index (χ2v) is 4.53. The van der Waals surface area contributed by atoms with Crippen molar-refractivity contribution in [2.24, 2.45) is 0 Å². The van der Waals surface area contributed by atoms with E-state index in [0.717, 1.165) is 10.6 Å². The Hall–Kier alpha value is -0.650. The highest BCUT2D eigenvalue weighted by molar-refractivity contribution is 7.99. The maximum atomic E-state index is 8.88. The molecule has 3 heteroatoms. The standard InChI is InChI=1S/C11H12ClNS/c1-2-3-6-14-11-5-4-10(12)7-9(11)8-13/h4-5,7H,2-3,6H2,1H3. The normalized spacial score (nSPS) is 9.79. The van der Waals surface area contributed by atoms with E-state index in [2.05, 4.69) is 13.0 Å². The van der Waals surface area contributed by atoms with E-state index in [1.165, 1.54) is 12.8 Å². The first-order chi connectivity index (χ1) is 6.77. The molecule has 0 heterocycles.